The molecule has 0 bridgehead atoms. The van der Waals surface area contributed by atoms with E-state index in [1.165, 1.54) is 12.1 Å². The van der Waals surface area contributed by atoms with Crippen LogP contribution in [0.3, 0.4) is 0 Å². The summed E-state index contributed by atoms with van der Waals surface area (Å²) < 4.78 is 13.7. The van der Waals surface area contributed by atoms with Gasteiger partial charge in [-0.1, -0.05) is 40.9 Å². The standard InChI is InChI=1S/C12H8Cl3FN2/c1-6-2-3-10(9(16)4-6)17-12-8(14)5-7(13)11(15)18-12/h2-5H,1H3,(H,17,18). The molecule has 1 aromatic heterocycles. The molecule has 18 heavy (non-hydrogen) atoms. The first-order valence-corrected chi connectivity index (χ1v) is 6.15. The van der Waals surface area contributed by atoms with Gasteiger partial charge in [-0.05, 0) is 30.7 Å². The Kier molecular flexibility index (Phi) is 3.95. The summed E-state index contributed by atoms with van der Waals surface area (Å²) in [5.41, 5.74) is 1.10. The van der Waals surface area contributed by atoms with Crippen LogP contribution in [0.1, 0.15) is 5.56 Å². The van der Waals surface area contributed by atoms with Crippen molar-refractivity contribution in [2.24, 2.45) is 0 Å². The summed E-state index contributed by atoms with van der Waals surface area (Å²) in [6.45, 7) is 1.80. The van der Waals surface area contributed by atoms with Crippen LogP contribution in [-0.2, 0) is 0 Å². The summed E-state index contributed by atoms with van der Waals surface area (Å²) in [7, 11) is 0. The van der Waals surface area contributed by atoms with Crippen LogP contribution in [0.25, 0.3) is 0 Å². The van der Waals surface area contributed by atoms with Crippen LogP contribution in [-0.4, -0.2) is 4.98 Å². The number of nitrogens with zero attached hydrogens (tertiary/aromatic N) is 1. The molecular formula is C12H8Cl3FN2. The van der Waals surface area contributed by atoms with Crippen LogP contribution in [0, 0.1) is 12.7 Å². The van der Waals surface area contributed by atoms with Crippen molar-refractivity contribution in [2.75, 3.05) is 5.32 Å². The first-order valence-electron chi connectivity index (χ1n) is 5.02. The van der Waals surface area contributed by atoms with Crippen molar-refractivity contribution in [3.8, 4) is 0 Å². The maximum absolute atomic E-state index is 13.7. The van der Waals surface area contributed by atoms with E-state index < -0.39 is 0 Å². The Morgan fingerprint density at radius 2 is 1.83 bits per heavy atom. The molecule has 0 saturated carbocycles. The fourth-order valence-corrected chi connectivity index (χ4v) is 1.93. The Hall–Kier alpha value is -1.03. The van der Waals surface area contributed by atoms with Crippen molar-refractivity contribution >= 4 is 46.3 Å². The maximum atomic E-state index is 13.7. The van der Waals surface area contributed by atoms with Crippen molar-refractivity contribution in [3.63, 3.8) is 0 Å². The summed E-state index contributed by atoms with van der Waals surface area (Å²) in [6, 6.07) is 6.24. The van der Waals surface area contributed by atoms with Gasteiger partial charge in [-0.3, -0.25) is 0 Å². The van der Waals surface area contributed by atoms with Crippen LogP contribution < -0.4 is 5.32 Å². The highest BCUT2D eigenvalue weighted by molar-refractivity contribution is 6.43. The molecule has 2 aromatic rings. The zero-order chi connectivity index (χ0) is 13.3. The van der Waals surface area contributed by atoms with Crippen LogP contribution in [0.5, 0.6) is 0 Å². The fourth-order valence-electron chi connectivity index (χ4n) is 1.38. The highest BCUT2D eigenvalue weighted by Crippen LogP contribution is 2.31. The summed E-state index contributed by atoms with van der Waals surface area (Å²) in [6.07, 6.45) is 0. The molecule has 0 aliphatic heterocycles. The van der Waals surface area contributed by atoms with Gasteiger partial charge in [0.2, 0.25) is 0 Å². The normalized spacial score (nSPS) is 10.5. The fraction of sp³-hybridized carbons (Fsp3) is 0.0833. The molecule has 0 amide bonds. The molecular weight excluding hydrogens is 298 g/mol. The van der Waals surface area contributed by atoms with E-state index in [-0.39, 0.29) is 32.5 Å². The Balaban J connectivity index is 2.37. The van der Waals surface area contributed by atoms with Gasteiger partial charge in [0, 0.05) is 0 Å². The van der Waals surface area contributed by atoms with E-state index in [0.29, 0.717) is 0 Å². The number of anilines is 2. The van der Waals surface area contributed by atoms with E-state index in [2.05, 4.69) is 10.3 Å². The number of rotatable bonds is 2. The number of halogens is 4. The zero-order valence-electron chi connectivity index (χ0n) is 9.27. The highest BCUT2D eigenvalue weighted by Gasteiger charge is 2.10. The molecule has 2 nitrogen and oxygen atoms in total. The lowest BCUT2D eigenvalue weighted by Gasteiger charge is -2.09. The SMILES string of the molecule is Cc1ccc(Nc2nc(Cl)c(Cl)cc2Cl)c(F)c1. The predicted molar refractivity (Wildman–Crippen MR) is 73.7 cm³/mol. The van der Waals surface area contributed by atoms with Crippen LogP contribution >= 0.6 is 34.8 Å². The second-order valence-corrected chi connectivity index (χ2v) is 4.87. The highest BCUT2D eigenvalue weighted by atomic mass is 35.5. The molecule has 1 aromatic carbocycles. The Bertz CT molecular complexity index is 602. The minimum Gasteiger partial charge on any atom is -0.337 e. The smallest absolute Gasteiger partial charge is 0.151 e. The monoisotopic (exact) mass is 304 g/mol. The molecule has 0 radical (unpaired) electrons. The molecule has 1 heterocycles. The van der Waals surface area contributed by atoms with E-state index in [1.807, 2.05) is 0 Å². The molecule has 0 spiro atoms. The molecule has 0 fully saturated rings. The lowest BCUT2D eigenvalue weighted by atomic mass is 10.2. The lowest BCUT2D eigenvalue weighted by molar-refractivity contribution is 0.630. The molecule has 0 unspecified atom stereocenters. The number of hydrogen-bond acceptors (Lipinski definition) is 2. The van der Waals surface area contributed by atoms with E-state index in [0.717, 1.165) is 5.56 Å². The summed E-state index contributed by atoms with van der Waals surface area (Å²) in [5.74, 6) is -0.132. The number of nitrogens with one attached hydrogen (secondary N) is 1. The second kappa shape index (κ2) is 5.31. The van der Waals surface area contributed by atoms with Crippen molar-refractivity contribution in [2.45, 2.75) is 6.92 Å². The first-order chi connectivity index (χ1) is 8.47. The Morgan fingerprint density at radius 1 is 1.11 bits per heavy atom. The number of benzene rings is 1. The summed E-state index contributed by atoms with van der Waals surface area (Å²) in [5, 5.41) is 3.40. The van der Waals surface area contributed by atoms with Gasteiger partial charge in [-0.25, -0.2) is 9.37 Å². The average Bonchev–Trinajstić information content (AvgIpc) is 2.29. The van der Waals surface area contributed by atoms with Gasteiger partial charge in [0.15, 0.2) is 5.82 Å². The van der Waals surface area contributed by atoms with Gasteiger partial charge in [0.05, 0.1) is 15.7 Å². The molecule has 6 heteroatoms. The minimum absolute atomic E-state index is 0.107. The molecule has 0 atom stereocenters. The van der Waals surface area contributed by atoms with Gasteiger partial charge in [-0.2, -0.15) is 0 Å². The lowest BCUT2D eigenvalue weighted by Crippen LogP contribution is -1.98. The summed E-state index contributed by atoms with van der Waals surface area (Å²) in [4.78, 5) is 3.95. The predicted octanol–water partition coefficient (Wildman–Crippen LogP) is 5.23. The van der Waals surface area contributed by atoms with E-state index >= 15 is 0 Å². The minimum atomic E-state index is -0.390. The second-order valence-electron chi connectivity index (χ2n) is 3.70. The first kappa shape index (κ1) is 13.4. The van der Waals surface area contributed by atoms with E-state index in [1.54, 1.807) is 19.1 Å². The summed E-state index contributed by atoms with van der Waals surface area (Å²) >= 11 is 17.5. The molecule has 94 valence electrons. The van der Waals surface area contributed by atoms with Crippen LogP contribution in [0.4, 0.5) is 15.9 Å². The van der Waals surface area contributed by atoms with Crippen molar-refractivity contribution in [3.05, 3.63) is 50.8 Å². The van der Waals surface area contributed by atoms with Crippen LogP contribution in [0.2, 0.25) is 15.2 Å². The van der Waals surface area contributed by atoms with Crippen molar-refractivity contribution in [1.82, 2.24) is 4.98 Å². The third kappa shape index (κ3) is 2.86. The van der Waals surface area contributed by atoms with Gasteiger partial charge < -0.3 is 5.32 Å². The molecule has 0 aliphatic rings. The number of hydrogen-bond donors (Lipinski definition) is 1. The van der Waals surface area contributed by atoms with Gasteiger partial charge >= 0.3 is 0 Å². The molecule has 0 aliphatic carbocycles. The average molecular weight is 306 g/mol. The number of aryl methyl sites for hydroxylation is 1. The van der Waals surface area contributed by atoms with E-state index in [4.69, 9.17) is 34.8 Å². The van der Waals surface area contributed by atoms with Gasteiger partial charge in [-0.15, -0.1) is 0 Å². The third-order valence-corrected chi connectivity index (χ3v) is 3.23. The largest absolute Gasteiger partial charge is 0.337 e. The maximum Gasteiger partial charge on any atom is 0.151 e. The van der Waals surface area contributed by atoms with E-state index in [9.17, 15) is 4.39 Å². The zero-order valence-corrected chi connectivity index (χ0v) is 11.5. The van der Waals surface area contributed by atoms with Gasteiger partial charge in [0.1, 0.15) is 11.0 Å². The Labute approximate surface area is 119 Å². The number of pyridine rings is 1. The molecule has 2 rings (SSSR count). The molecule has 1 N–H and O–H groups in total. The quantitative estimate of drug-likeness (QED) is 0.768. The Morgan fingerprint density at radius 3 is 2.50 bits per heavy atom. The third-order valence-electron chi connectivity index (χ3n) is 2.26. The topological polar surface area (TPSA) is 24.9 Å². The molecule has 0 saturated heterocycles. The van der Waals surface area contributed by atoms with Gasteiger partial charge in [0.25, 0.3) is 0 Å². The van der Waals surface area contributed by atoms with Crippen LogP contribution in [0.15, 0.2) is 24.3 Å². The number of aromatic nitrogens is 1. The van der Waals surface area contributed by atoms with Crippen molar-refractivity contribution < 1.29 is 4.39 Å². The van der Waals surface area contributed by atoms with Crippen molar-refractivity contribution in [1.29, 1.82) is 0 Å².